The van der Waals surface area contributed by atoms with Crippen molar-refractivity contribution in [2.24, 2.45) is 5.92 Å². The van der Waals surface area contributed by atoms with Gasteiger partial charge in [-0.3, -0.25) is 9.88 Å². The summed E-state index contributed by atoms with van der Waals surface area (Å²) in [5.74, 6) is -4.65. The molecule has 3 aliphatic rings. The summed E-state index contributed by atoms with van der Waals surface area (Å²) >= 11 is 0. The SMILES string of the molecule is O=C(O)C(F)(F)F.O=C(O)C(F)(F)F.c1cncc(CN2CCCC23CCN(CC2CCOCC2)CC3)c1. The van der Waals surface area contributed by atoms with Gasteiger partial charge in [-0.15, -0.1) is 0 Å². The van der Waals surface area contributed by atoms with Gasteiger partial charge in [-0.1, -0.05) is 6.07 Å². The molecule has 1 aromatic rings. The number of hydrogen-bond donors (Lipinski definition) is 2. The number of carboxylic acids is 2. The molecule has 14 heteroatoms. The molecule has 3 saturated heterocycles. The normalized spacial score (nSPS) is 20.7. The standard InChI is InChI=1S/C20H31N3O.2C2HF3O2/c1-3-19(15-21-9-1)17-23-10-2-6-20(23)7-11-22(12-8-20)16-18-4-13-24-14-5-18;2*3-2(4,5)1(6)7/h1,3,9,15,18H,2,4-8,10-14,16-17H2;2*(H,6,7). The van der Waals surface area contributed by atoms with Crippen LogP contribution in [-0.4, -0.2) is 94.2 Å². The summed E-state index contributed by atoms with van der Waals surface area (Å²) in [7, 11) is 0. The van der Waals surface area contributed by atoms with Crippen LogP contribution in [0.15, 0.2) is 24.5 Å². The number of aliphatic carboxylic acids is 2. The van der Waals surface area contributed by atoms with Crippen LogP contribution < -0.4 is 0 Å². The Morgan fingerprint density at radius 2 is 1.53 bits per heavy atom. The predicted octanol–water partition coefficient (Wildman–Crippen LogP) is 4.21. The lowest BCUT2D eigenvalue weighted by Crippen LogP contribution is -2.52. The third-order valence-corrected chi connectivity index (χ3v) is 6.97. The van der Waals surface area contributed by atoms with E-state index in [2.05, 4.69) is 26.9 Å². The molecule has 1 aromatic heterocycles. The number of carboxylic acid groups (broad SMARTS) is 2. The molecule has 2 N–H and O–H groups in total. The van der Waals surface area contributed by atoms with Crippen LogP contribution in [0.2, 0.25) is 0 Å². The second-order valence-corrected chi connectivity index (χ2v) is 9.57. The van der Waals surface area contributed by atoms with E-state index in [9.17, 15) is 26.3 Å². The fourth-order valence-electron chi connectivity index (χ4n) is 4.97. The van der Waals surface area contributed by atoms with Crippen LogP contribution in [0.4, 0.5) is 26.3 Å². The van der Waals surface area contributed by atoms with Crippen LogP contribution in [-0.2, 0) is 20.9 Å². The lowest BCUT2D eigenvalue weighted by atomic mass is 9.84. The number of aromatic nitrogens is 1. The van der Waals surface area contributed by atoms with Crippen LogP contribution in [0.25, 0.3) is 0 Å². The number of alkyl halides is 6. The molecule has 0 amide bonds. The molecule has 4 rings (SSSR count). The average molecular weight is 558 g/mol. The molecule has 0 aliphatic carbocycles. The van der Waals surface area contributed by atoms with Crippen molar-refractivity contribution in [3.63, 3.8) is 0 Å². The van der Waals surface area contributed by atoms with Crippen LogP contribution >= 0.6 is 0 Å². The minimum atomic E-state index is -5.08. The van der Waals surface area contributed by atoms with Gasteiger partial charge in [0.2, 0.25) is 0 Å². The third-order valence-electron chi connectivity index (χ3n) is 6.97. The number of pyridine rings is 1. The maximum absolute atomic E-state index is 10.6. The summed E-state index contributed by atoms with van der Waals surface area (Å²) in [6, 6.07) is 4.29. The number of piperidine rings is 1. The molecule has 3 aliphatic heterocycles. The number of likely N-dealkylation sites (tertiary alicyclic amines) is 2. The molecule has 3 fully saturated rings. The minimum absolute atomic E-state index is 0.460. The minimum Gasteiger partial charge on any atom is -0.475 e. The Morgan fingerprint density at radius 1 is 0.974 bits per heavy atom. The van der Waals surface area contributed by atoms with Crippen molar-refractivity contribution in [1.29, 1.82) is 0 Å². The Bertz CT molecular complexity index is 847. The predicted molar refractivity (Wildman–Crippen MR) is 123 cm³/mol. The Hall–Kier alpha value is -2.45. The van der Waals surface area contributed by atoms with Gasteiger partial charge in [-0.25, -0.2) is 9.59 Å². The highest BCUT2D eigenvalue weighted by Crippen LogP contribution is 2.39. The van der Waals surface area contributed by atoms with Crippen molar-refractivity contribution in [1.82, 2.24) is 14.8 Å². The fourth-order valence-corrected chi connectivity index (χ4v) is 4.97. The molecular formula is C24H33F6N3O5. The van der Waals surface area contributed by atoms with Gasteiger partial charge in [0.15, 0.2) is 0 Å². The molecule has 4 heterocycles. The van der Waals surface area contributed by atoms with Crippen molar-refractivity contribution in [3.05, 3.63) is 30.1 Å². The second kappa shape index (κ2) is 14.1. The van der Waals surface area contributed by atoms with Crippen LogP contribution in [0.1, 0.15) is 44.1 Å². The van der Waals surface area contributed by atoms with Crippen molar-refractivity contribution in [2.75, 3.05) is 39.4 Å². The topological polar surface area (TPSA) is 103 Å². The van der Waals surface area contributed by atoms with Crippen LogP contribution in [0, 0.1) is 5.92 Å². The van der Waals surface area contributed by atoms with E-state index in [0.29, 0.717) is 5.54 Å². The summed E-state index contributed by atoms with van der Waals surface area (Å²) in [6.45, 7) is 8.13. The van der Waals surface area contributed by atoms with E-state index < -0.39 is 24.3 Å². The number of hydrogen-bond acceptors (Lipinski definition) is 6. The van der Waals surface area contributed by atoms with Gasteiger partial charge in [0.05, 0.1) is 0 Å². The van der Waals surface area contributed by atoms with Crippen LogP contribution in [0.5, 0.6) is 0 Å². The molecule has 0 saturated carbocycles. The zero-order chi connectivity index (χ0) is 28.4. The lowest BCUT2D eigenvalue weighted by Gasteiger charge is -2.46. The van der Waals surface area contributed by atoms with Crippen molar-refractivity contribution >= 4 is 11.9 Å². The highest BCUT2D eigenvalue weighted by atomic mass is 19.4. The smallest absolute Gasteiger partial charge is 0.475 e. The summed E-state index contributed by atoms with van der Waals surface area (Å²) < 4.78 is 69.0. The molecule has 216 valence electrons. The molecule has 0 radical (unpaired) electrons. The van der Waals surface area contributed by atoms with E-state index in [1.54, 1.807) is 0 Å². The number of ether oxygens (including phenoxy) is 1. The Kier molecular flexibility index (Phi) is 11.8. The van der Waals surface area contributed by atoms with Gasteiger partial charge in [0, 0.05) is 44.2 Å². The summed E-state index contributed by atoms with van der Waals surface area (Å²) in [5.41, 5.74) is 1.82. The number of halogens is 6. The molecule has 0 unspecified atom stereocenters. The van der Waals surface area contributed by atoms with Gasteiger partial charge in [-0.2, -0.15) is 26.3 Å². The molecule has 0 bridgehead atoms. The average Bonchev–Trinajstić information content (AvgIpc) is 3.23. The van der Waals surface area contributed by atoms with Crippen molar-refractivity contribution in [3.8, 4) is 0 Å². The molecule has 1 spiro atoms. The summed E-state index contributed by atoms with van der Waals surface area (Å²) in [6.07, 6.45) is 1.69. The first kappa shape index (κ1) is 31.8. The van der Waals surface area contributed by atoms with Gasteiger partial charge < -0.3 is 19.8 Å². The molecular weight excluding hydrogens is 524 g/mol. The Morgan fingerprint density at radius 3 is 2.00 bits per heavy atom. The zero-order valence-corrected chi connectivity index (χ0v) is 20.8. The second-order valence-electron chi connectivity index (χ2n) is 9.57. The Labute approximate surface area is 216 Å². The van der Waals surface area contributed by atoms with Gasteiger partial charge in [0.1, 0.15) is 0 Å². The van der Waals surface area contributed by atoms with Crippen molar-refractivity contribution in [2.45, 2.75) is 63.0 Å². The maximum atomic E-state index is 10.6. The van der Waals surface area contributed by atoms with Gasteiger partial charge in [-0.05, 0) is 75.7 Å². The highest BCUT2D eigenvalue weighted by molar-refractivity contribution is 5.73. The first-order valence-corrected chi connectivity index (χ1v) is 12.3. The van der Waals surface area contributed by atoms with E-state index in [0.717, 1.165) is 25.7 Å². The first-order valence-electron chi connectivity index (χ1n) is 12.3. The van der Waals surface area contributed by atoms with E-state index >= 15 is 0 Å². The monoisotopic (exact) mass is 557 g/mol. The number of rotatable bonds is 4. The number of carbonyl (C=O) groups is 2. The zero-order valence-electron chi connectivity index (χ0n) is 20.8. The van der Waals surface area contributed by atoms with E-state index in [4.69, 9.17) is 24.5 Å². The first-order chi connectivity index (χ1) is 17.7. The molecule has 0 atom stereocenters. The molecule has 0 aromatic carbocycles. The number of nitrogens with zero attached hydrogens (tertiary/aromatic N) is 3. The van der Waals surface area contributed by atoms with Crippen molar-refractivity contribution < 1.29 is 50.9 Å². The van der Waals surface area contributed by atoms with E-state index in [1.807, 2.05) is 12.4 Å². The van der Waals surface area contributed by atoms with E-state index in [-0.39, 0.29) is 0 Å². The summed E-state index contributed by atoms with van der Waals surface area (Å²) in [5, 5.41) is 14.2. The lowest BCUT2D eigenvalue weighted by molar-refractivity contribution is -0.193. The van der Waals surface area contributed by atoms with E-state index in [1.165, 1.54) is 70.3 Å². The maximum Gasteiger partial charge on any atom is 0.490 e. The Balaban J connectivity index is 0.000000301. The third kappa shape index (κ3) is 10.4. The van der Waals surface area contributed by atoms with Crippen LogP contribution in [0.3, 0.4) is 0 Å². The summed E-state index contributed by atoms with van der Waals surface area (Å²) in [4.78, 5) is 27.6. The van der Waals surface area contributed by atoms with Gasteiger partial charge in [0.25, 0.3) is 0 Å². The largest absolute Gasteiger partial charge is 0.490 e. The fraction of sp³-hybridized carbons (Fsp3) is 0.708. The molecule has 38 heavy (non-hydrogen) atoms. The molecule has 8 nitrogen and oxygen atoms in total. The highest BCUT2D eigenvalue weighted by Gasteiger charge is 2.43. The quantitative estimate of drug-likeness (QED) is 0.531. The van der Waals surface area contributed by atoms with Gasteiger partial charge >= 0.3 is 24.3 Å².